The van der Waals surface area contributed by atoms with Crippen molar-refractivity contribution in [1.82, 2.24) is 24.1 Å². The number of aromatic nitrogens is 5. The first kappa shape index (κ1) is 38.7. The van der Waals surface area contributed by atoms with Gasteiger partial charge in [0.25, 0.3) is 0 Å². The molecule has 0 unspecified atom stereocenters. The summed E-state index contributed by atoms with van der Waals surface area (Å²) in [5.41, 5.74) is 15.9. The van der Waals surface area contributed by atoms with E-state index in [0.717, 1.165) is 72.4 Å². The maximum absolute atomic E-state index is 8.18. The van der Waals surface area contributed by atoms with Gasteiger partial charge in [0.1, 0.15) is 0 Å². The first-order valence-electron chi connectivity index (χ1n) is 22.1. The lowest BCUT2D eigenvalue weighted by Gasteiger charge is -2.21. The fourth-order valence-corrected chi connectivity index (χ4v) is 9.65. The van der Waals surface area contributed by atoms with Crippen molar-refractivity contribution in [2.75, 3.05) is 0 Å². The lowest BCUT2D eigenvalue weighted by Crippen LogP contribution is -2.04. The number of hydrogen-bond acceptors (Lipinski definition) is 3. The minimum absolute atomic E-state index is 0.566. The monoisotopic (exact) mass is 844 g/mol. The van der Waals surface area contributed by atoms with Gasteiger partial charge in [-0.05, 0) is 91.7 Å². The van der Waals surface area contributed by atoms with Crippen LogP contribution in [0.2, 0.25) is 0 Å². The average Bonchev–Trinajstić information content (AvgIpc) is 3.88. The zero-order valence-electron chi connectivity index (χ0n) is 36.3. The van der Waals surface area contributed by atoms with Crippen molar-refractivity contribution >= 4 is 49.3 Å². The fraction of sp³-hybridized carbons (Fsp3) is 0.0333. The van der Waals surface area contributed by atoms with Gasteiger partial charge in [-0.25, -0.2) is 19.8 Å². The summed E-state index contributed by atoms with van der Waals surface area (Å²) in [5.74, 6) is 1.76. The normalized spacial score (nSPS) is 11.5. The van der Waals surface area contributed by atoms with Gasteiger partial charge in [-0.15, -0.1) is 0 Å². The molecule has 0 fully saturated rings. The van der Waals surface area contributed by atoms with Gasteiger partial charge in [-0.2, -0.15) is 0 Å². The number of hydrogen-bond donors (Lipinski definition) is 0. The first-order chi connectivity index (χ1) is 32.5. The van der Waals surface area contributed by atoms with Crippen molar-refractivity contribution in [1.29, 1.82) is 0 Å². The summed E-state index contributed by atoms with van der Waals surface area (Å²) >= 11 is 0. The van der Waals surface area contributed by atoms with E-state index in [-0.39, 0.29) is 0 Å². The Bertz CT molecular complexity index is 3850. The van der Waals surface area contributed by atoms with Gasteiger partial charge in [-0.1, -0.05) is 151 Å². The zero-order valence-corrected chi connectivity index (χ0v) is 36.3. The van der Waals surface area contributed by atoms with Crippen LogP contribution >= 0.6 is 0 Å². The van der Waals surface area contributed by atoms with Gasteiger partial charge >= 0.3 is 0 Å². The lowest BCUT2D eigenvalue weighted by molar-refractivity contribution is 1.07. The zero-order chi connectivity index (χ0) is 44.3. The highest BCUT2D eigenvalue weighted by Crippen LogP contribution is 2.44. The van der Waals surface area contributed by atoms with Gasteiger partial charge in [0.05, 0.1) is 40.0 Å². The fourth-order valence-electron chi connectivity index (χ4n) is 9.65. The van der Waals surface area contributed by atoms with E-state index in [0.29, 0.717) is 23.2 Å². The first-order valence-corrected chi connectivity index (χ1v) is 22.1. The molecule has 0 spiro atoms. The van der Waals surface area contributed by atoms with Crippen LogP contribution in [0.4, 0.5) is 5.69 Å². The van der Waals surface area contributed by atoms with E-state index in [1.807, 2.05) is 84.9 Å². The maximum Gasteiger partial charge on any atom is 0.194 e. The van der Waals surface area contributed by atoms with Crippen LogP contribution in [0.15, 0.2) is 206 Å². The van der Waals surface area contributed by atoms with Crippen molar-refractivity contribution in [3.63, 3.8) is 0 Å². The highest BCUT2D eigenvalue weighted by molar-refractivity contribution is 6.12. The van der Waals surface area contributed by atoms with Gasteiger partial charge in [-0.3, -0.25) is 0 Å². The number of benzene rings is 9. The van der Waals surface area contributed by atoms with Gasteiger partial charge in [0, 0.05) is 49.4 Å². The second kappa shape index (κ2) is 15.7. The number of rotatable bonds is 7. The molecule has 0 aliphatic carbocycles. The van der Waals surface area contributed by atoms with Crippen molar-refractivity contribution in [3.8, 4) is 67.8 Å². The van der Waals surface area contributed by atoms with Crippen molar-refractivity contribution < 1.29 is 0 Å². The van der Waals surface area contributed by atoms with E-state index in [9.17, 15) is 0 Å². The molecule has 9 aromatic carbocycles. The molecule has 0 radical (unpaired) electrons. The summed E-state index contributed by atoms with van der Waals surface area (Å²) in [7, 11) is 0. The van der Waals surface area contributed by atoms with E-state index >= 15 is 0 Å². The summed E-state index contributed by atoms with van der Waals surface area (Å²) in [5, 5.41) is 4.75. The molecule has 66 heavy (non-hydrogen) atoms. The molecule has 0 aliphatic rings. The molecule has 3 heterocycles. The van der Waals surface area contributed by atoms with Crippen LogP contribution < -0.4 is 0 Å². The molecule has 3 aromatic heterocycles. The van der Waals surface area contributed by atoms with E-state index in [1.165, 1.54) is 32.7 Å². The quantitative estimate of drug-likeness (QED) is 0.150. The topological polar surface area (TPSA) is 52.9 Å². The molecule has 0 amide bonds. The Hall–Kier alpha value is -8.92. The van der Waals surface area contributed by atoms with E-state index < -0.39 is 0 Å². The molecule has 12 aromatic rings. The SMILES string of the molecule is [C-]#[N+]c1ccccc1-c1ccc(-n2c3ccccc3c3cc(C)ccc32)c(-c2cc(-c3nc(-c4ccccc4)nc(-c4ccccc4)n3)ccc2-n2c3ccccc3c3cc(C)ccc32)c1. The Labute approximate surface area is 382 Å². The summed E-state index contributed by atoms with van der Waals surface area (Å²) < 4.78 is 4.81. The average molecular weight is 845 g/mol. The van der Waals surface area contributed by atoms with E-state index in [2.05, 4.69) is 149 Å². The minimum atomic E-state index is 0.566. The maximum atomic E-state index is 8.18. The molecular weight excluding hydrogens is 805 g/mol. The molecular formula is C60H40N6. The van der Waals surface area contributed by atoms with Gasteiger partial charge in [0.15, 0.2) is 23.2 Å². The third-order valence-electron chi connectivity index (χ3n) is 12.7. The van der Waals surface area contributed by atoms with Crippen molar-refractivity contribution in [3.05, 3.63) is 229 Å². The summed E-state index contributed by atoms with van der Waals surface area (Å²) in [6, 6.07) is 72.2. The second-order valence-electron chi connectivity index (χ2n) is 16.9. The number of nitrogens with zero attached hydrogens (tertiary/aromatic N) is 6. The molecule has 6 heteroatoms. The number of aryl methyl sites for hydroxylation is 2. The highest BCUT2D eigenvalue weighted by atomic mass is 15.0. The standard InChI is InChI=1S/C60H40N6/c1-38-26-30-54-47(34-38)45-21-11-14-24-52(45)65(54)56-32-28-42(44-20-10-13-23-51(44)61-3)36-49(56)50-37-43(29-33-57(50)66-53-25-15-12-22-46(53)48-35-39(2)27-31-55(48)66)60-63-58(40-16-6-4-7-17-40)62-59(64-60)41-18-8-5-9-19-41/h4-37H,1-2H3. The lowest BCUT2D eigenvalue weighted by atomic mass is 9.93. The Balaban J connectivity index is 1.22. The van der Waals surface area contributed by atoms with Crippen molar-refractivity contribution in [2.45, 2.75) is 13.8 Å². The third-order valence-corrected chi connectivity index (χ3v) is 12.7. The van der Waals surface area contributed by atoms with Crippen LogP contribution in [0.25, 0.3) is 116 Å². The van der Waals surface area contributed by atoms with Crippen LogP contribution in [0.1, 0.15) is 11.1 Å². The Morgan fingerprint density at radius 1 is 0.348 bits per heavy atom. The highest BCUT2D eigenvalue weighted by Gasteiger charge is 2.23. The Morgan fingerprint density at radius 3 is 1.30 bits per heavy atom. The van der Waals surface area contributed by atoms with Crippen LogP contribution in [0, 0.1) is 20.4 Å². The molecule has 0 saturated carbocycles. The van der Waals surface area contributed by atoms with Crippen LogP contribution in [0.3, 0.4) is 0 Å². The molecule has 0 bridgehead atoms. The molecule has 12 rings (SSSR count). The predicted molar refractivity (Wildman–Crippen MR) is 271 cm³/mol. The second-order valence-corrected chi connectivity index (χ2v) is 16.9. The van der Waals surface area contributed by atoms with Crippen molar-refractivity contribution in [2.24, 2.45) is 0 Å². The number of fused-ring (bicyclic) bond motifs is 6. The van der Waals surface area contributed by atoms with Crippen LogP contribution in [0.5, 0.6) is 0 Å². The van der Waals surface area contributed by atoms with Gasteiger partial charge < -0.3 is 9.13 Å². The molecule has 6 nitrogen and oxygen atoms in total. The summed E-state index contributed by atoms with van der Waals surface area (Å²) in [6.45, 7) is 12.5. The molecule has 0 N–H and O–H groups in total. The largest absolute Gasteiger partial charge is 0.309 e. The summed E-state index contributed by atoms with van der Waals surface area (Å²) in [4.78, 5) is 19.5. The molecule has 0 atom stereocenters. The smallest absolute Gasteiger partial charge is 0.194 e. The molecule has 310 valence electrons. The Kier molecular flexibility index (Phi) is 9.22. The minimum Gasteiger partial charge on any atom is -0.309 e. The number of para-hydroxylation sites is 3. The van der Waals surface area contributed by atoms with Crippen LogP contribution in [-0.4, -0.2) is 24.1 Å². The molecule has 0 aliphatic heterocycles. The molecule has 0 saturated heterocycles. The Morgan fingerprint density at radius 2 is 0.773 bits per heavy atom. The third kappa shape index (κ3) is 6.45. The summed E-state index contributed by atoms with van der Waals surface area (Å²) in [6.07, 6.45) is 0. The van der Waals surface area contributed by atoms with E-state index in [1.54, 1.807) is 0 Å². The predicted octanol–water partition coefficient (Wildman–Crippen LogP) is 15.6. The van der Waals surface area contributed by atoms with Crippen LogP contribution in [-0.2, 0) is 0 Å². The van der Waals surface area contributed by atoms with Gasteiger partial charge in [0.2, 0.25) is 0 Å². The van der Waals surface area contributed by atoms with E-state index in [4.69, 9.17) is 21.5 Å².